The Morgan fingerprint density at radius 1 is 1.24 bits per heavy atom. The van der Waals surface area contributed by atoms with E-state index in [1.165, 1.54) is 0 Å². The Kier molecular flexibility index (Phi) is 3.44. The third-order valence-corrected chi connectivity index (χ3v) is 2.89. The van der Waals surface area contributed by atoms with E-state index in [-0.39, 0.29) is 12.2 Å². The molecule has 2 aliphatic rings. The fraction of sp³-hybridized carbons (Fsp3) is 0.636. The van der Waals surface area contributed by atoms with Gasteiger partial charge in [-0.05, 0) is 0 Å². The van der Waals surface area contributed by atoms with E-state index in [0.29, 0.717) is 19.1 Å². The Hall–Kier alpha value is -1.40. The van der Waals surface area contributed by atoms with E-state index in [1.54, 1.807) is 0 Å². The van der Waals surface area contributed by atoms with Gasteiger partial charge in [0.2, 0.25) is 0 Å². The lowest BCUT2D eigenvalue weighted by atomic mass is 10.0. The number of carbonyl (C=O) groups excluding carboxylic acids is 1. The van der Waals surface area contributed by atoms with Gasteiger partial charge in [0.1, 0.15) is 6.10 Å². The Morgan fingerprint density at radius 3 is 2.65 bits per heavy atom. The van der Waals surface area contributed by atoms with E-state index in [1.807, 2.05) is 6.92 Å². The quantitative estimate of drug-likeness (QED) is 0.553. The summed E-state index contributed by atoms with van der Waals surface area (Å²) >= 11 is 0. The highest BCUT2D eigenvalue weighted by Crippen LogP contribution is 2.32. The molecule has 0 saturated carbocycles. The van der Waals surface area contributed by atoms with Crippen LogP contribution in [-0.4, -0.2) is 48.6 Å². The number of rotatable bonds is 3. The summed E-state index contributed by atoms with van der Waals surface area (Å²) in [5.41, 5.74) is 0. The summed E-state index contributed by atoms with van der Waals surface area (Å²) < 4.78 is 16.1. The van der Waals surface area contributed by atoms with Crippen molar-refractivity contribution in [2.45, 2.75) is 25.2 Å². The smallest absolute Gasteiger partial charge is 0.331 e. The van der Waals surface area contributed by atoms with Crippen molar-refractivity contribution in [1.82, 2.24) is 0 Å². The molecule has 0 spiro atoms. The Bertz CT molecular complexity index is 350. The van der Waals surface area contributed by atoms with Gasteiger partial charge in [0.25, 0.3) is 0 Å². The molecule has 6 heteroatoms. The van der Waals surface area contributed by atoms with Crippen LogP contribution < -0.4 is 0 Å². The lowest BCUT2D eigenvalue weighted by Gasteiger charge is -2.15. The second-order valence-electron chi connectivity index (χ2n) is 4.22. The van der Waals surface area contributed by atoms with Crippen LogP contribution in [0, 0.1) is 5.92 Å². The Morgan fingerprint density at radius 2 is 1.94 bits per heavy atom. The van der Waals surface area contributed by atoms with Crippen LogP contribution in [0.4, 0.5) is 0 Å². The van der Waals surface area contributed by atoms with Crippen molar-refractivity contribution in [3.8, 4) is 0 Å². The SMILES string of the molecule is CC1COC2C(OC(=O)C=CC(=O)O)COC12. The number of aliphatic carboxylic acids is 1. The lowest BCUT2D eigenvalue weighted by Crippen LogP contribution is -2.32. The van der Waals surface area contributed by atoms with Crippen molar-refractivity contribution in [1.29, 1.82) is 0 Å². The minimum Gasteiger partial charge on any atom is -0.478 e. The van der Waals surface area contributed by atoms with Gasteiger partial charge in [-0.3, -0.25) is 0 Å². The highest BCUT2D eigenvalue weighted by Gasteiger charge is 2.47. The summed E-state index contributed by atoms with van der Waals surface area (Å²) in [6, 6.07) is 0. The van der Waals surface area contributed by atoms with Crippen molar-refractivity contribution in [2.24, 2.45) is 5.92 Å². The summed E-state index contributed by atoms with van der Waals surface area (Å²) in [7, 11) is 0. The third kappa shape index (κ3) is 2.65. The van der Waals surface area contributed by atoms with Crippen molar-refractivity contribution >= 4 is 11.9 Å². The fourth-order valence-corrected chi connectivity index (χ4v) is 2.08. The van der Waals surface area contributed by atoms with E-state index < -0.39 is 18.0 Å². The van der Waals surface area contributed by atoms with E-state index in [9.17, 15) is 9.59 Å². The second kappa shape index (κ2) is 4.85. The van der Waals surface area contributed by atoms with Crippen LogP contribution in [0.2, 0.25) is 0 Å². The molecule has 2 saturated heterocycles. The minimum absolute atomic E-state index is 0.0312. The van der Waals surface area contributed by atoms with E-state index in [4.69, 9.17) is 19.3 Å². The van der Waals surface area contributed by atoms with Crippen LogP contribution in [0.5, 0.6) is 0 Å². The average molecular weight is 242 g/mol. The van der Waals surface area contributed by atoms with Gasteiger partial charge >= 0.3 is 11.9 Å². The second-order valence-corrected chi connectivity index (χ2v) is 4.22. The molecule has 2 heterocycles. The first-order valence-electron chi connectivity index (χ1n) is 5.42. The summed E-state index contributed by atoms with van der Waals surface area (Å²) in [6.45, 7) is 2.90. The molecule has 0 aromatic rings. The zero-order valence-electron chi connectivity index (χ0n) is 9.37. The van der Waals surface area contributed by atoms with Gasteiger partial charge < -0.3 is 19.3 Å². The number of hydrogen-bond donors (Lipinski definition) is 1. The summed E-state index contributed by atoms with van der Waals surface area (Å²) in [5, 5.41) is 8.36. The number of carbonyl (C=O) groups is 2. The number of fused-ring (bicyclic) bond motifs is 1. The first-order chi connectivity index (χ1) is 8.08. The largest absolute Gasteiger partial charge is 0.478 e. The molecule has 6 nitrogen and oxygen atoms in total. The van der Waals surface area contributed by atoms with Crippen molar-refractivity contribution in [3.63, 3.8) is 0 Å². The molecule has 0 aliphatic carbocycles. The Balaban J connectivity index is 1.88. The van der Waals surface area contributed by atoms with E-state index >= 15 is 0 Å². The zero-order valence-corrected chi connectivity index (χ0v) is 9.37. The monoisotopic (exact) mass is 242 g/mol. The molecule has 2 rings (SSSR count). The molecule has 0 amide bonds. The van der Waals surface area contributed by atoms with Crippen molar-refractivity contribution in [2.75, 3.05) is 13.2 Å². The van der Waals surface area contributed by atoms with Gasteiger partial charge in [-0.15, -0.1) is 0 Å². The molecular weight excluding hydrogens is 228 g/mol. The van der Waals surface area contributed by atoms with Gasteiger partial charge in [-0.25, -0.2) is 9.59 Å². The highest BCUT2D eigenvalue weighted by atomic mass is 16.6. The van der Waals surface area contributed by atoms with Gasteiger partial charge in [0.15, 0.2) is 6.10 Å². The van der Waals surface area contributed by atoms with Crippen molar-refractivity contribution < 1.29 is 28.9 Å². The normalized spacial score (nSPS) is 36.1. The molecule has 0 aromatic heterocycles. The molecule has 0 aromatic carbocycles. The number of hydrogen-bond acceptors (Lipinski definition) is 5. The summed E-state index contributed by atoms with van der Waals surface area (Å²) in [5.74, 6) is -1.59. The van der Waals surface area contributed by atoms with Gasteiger partial charge in [0, 0.05) is 18.1 Å². The van der Waals surface area contributed by atoms with Gasteiger partial charge in [-0.1, -0.05) is 6.92 Å². The van der Waals surface area contributed by atoms with Crippen LogP contribution >= 0.6 is 0 Å². The number of ether oxygens (including phenoxy) is 3. The molecule has 4 atom stereocenters. The zero-order chi connectivity index (χ0) is 12.4. The van der Waals surface area contributed by atoms with Crippen LogP contribution in [-0.2, 0) is 23.8 Å². The maximum atomic E-state index is 11.3. The molecule has 2 fully saturated rings. The van der Waals surface area contributed by atoms with E-state index in [2.05, 4.69) is 0 Å². The average Bonchev–Trinajstić information content (AvgIpc) is 2.81. The lowest BCUT2D eigenvalue weighted by molar-refractivity contribution is -0.148. The van der Waals surface area contributed by atoms with Crippen LogP contribution in [0.3, 0.4) is 0 Å². The van der Waals surface area contributed by atoms with Crippen molar-refractivity contribution in [3.05, 3.63) is 12.2 Å². The standard InChI is InChI=1S/C11H14O6/c1-6-4-15-11-7(5-16-10(6)11)17-9(14)3-2-8(12)13/h2-3,6-7,10-11H,4-5H2,1H3,(H,12,13). The van der Waals surface area contributed by atoms with Gasteiger partial charge in [0.05, 0.1) is 19.3 Å². The third-order valence-electron chi connectivity index (χ3n) is 2.89. The number of esters is 1. The Labute approximate surface area is 98.1 Å². The van der Waals surface area contributed by atoms with Crippen LogP contribution in [0.25, 0.3) is 0 Å². The predicted octanol–water partition coefficient (Wildman–Crippen LogP) is -0.0273. The number of carboxylic acids is 1. The van der Waals surface area contributed by atoms with Gasteiger partial charge in [-0.2, -0.15) is 0 Å². The predicted molar refractivity (Wildman–Crippen MR) is 55.3 cm³/mol. The van der Waals surface area contributed by atoms with Crippen LogP contribution in [0.1, 0.15) is 6.92 Å². The first-order valence-corrected chi connectivity index (χ1v) is 5.42. The molecule has 2 aliphatic heterocycles. The fourth-order valence-electron chi connectivity index (χ4n) is 2.08. The minimum atomic E-state index is -1.19. The maximum absolute atomic E-state index is 11.3. The molecule has 0 bridgehead atoms. The summed E-state index contributed by atoms with van der Waals surface area (Å²) in [4.78, 5) is 21.5. The molecule has 17 heavy (non-hydrogen) atoms. The maximum Gasteiger partial charge on any atom is 0.331 e. The highest BCUT2D eigenvalue weighted by molar-refractivity contribution is 5.90. The molecule has 0 radical (unpaired) electrons. The van der Waals surface area contributed by atoms with E-state index in [0.717, 1.165) is 12.2 Å². The topological polar surface area (TPSA) is 82.1 Å². The number of carboxylic acid groups (broad SMARTS) is 1. The van der Waals surface area contributed by atoms with Crippen LogP contribution in [0.15, 0.2) is 12.2 Å². The summed E-state index contributed by atoms with van der Waals surface area (Å²) in [6.07, 6.45) is 0.918. The molecule has 94 valence electrons. The molecule has 4 unspecified atom stereocenters. The molecule has 1 N–H and O–H groups in total. The molecular formula is C11H14O6. The first kappa shape index (κ1) is 12.1.